The van der Waals surface area contributed by atoms with Gasteiger partial charge in [0.2, 0.25) is 0 Å². The normalized spacial score (nSPS) is 16.3. The molecule has 2 aromatic carbocycles. The maximum atomic E-state index is 6.43. The molecule has 1 aliphatic rings. The van der Waals surface area contributed by atoms with Gasteiger partial charge in [0, 0.05) is 31.6 Å². The Morgan fingerprint density at radius 3 is 2.37 bits per heavy atom. The van der Waals surface area contributed by atoms with Gasteiger partial charge in [0.15, 0.2) is 0 Å². The van der Waals surface area contributed by atoms with Crippen LogP contribution < -0.4 is 9.47 Å². The van der Waals surface area contributed by atoms with Crippen LogP contribution in [0.25, 0.3) is 0 Å². The van der Waals surface area contributed by atoms with Crippen molar-refractivity contribution in [3.63, 3.8) is 0 Å². The summed E-state index contributed by atoms with van der Waals surface area (Å²) in [7, 11) is 1.72. The number of hydrogen-bond acceptors (Lipinski definition) is 4. The number of para-hydroxylation sites is 1. The summed E-state index contributed by atoms with van der Waals surface area (Å²) < 4.78 is 17.5. The number of nitrogens with zero attached hydrogens (tertiary/aromatic N) is 1. The van der Waals surface area contributed by atoms with E-state index in [4.69, 9.17) is 14.2 Å². The van der Waals surface area contributed by atoms with E-state index < -0.39 is 0 Å². The first-order valence-corrected chi connectivity index (χ1v) is 9.87. The molecule has 0 radical (unpaired) electrons. The van der Waals surface area contributed by atoms with Crippen molar-refractivity contribution in [1.82, 2.24) is 4.90 Å². The monoisotopic (exact) mass is 369 g/mol. The second-order valence-electron chi connectivity index (χ2n) is 7.31. The number of ether oxygens (including phenoxy) is 3. The summed E-state index contributed by atoms with van der Waals surface area (Å²) in [6, 6.07) is 16.6. The summed E-state index contributed by atoms with van der Waals surface area (Å²) in [5.74, 6) is 2.30. The fourth-order valence-electron chi connectivity index (χ4n) is 3.43. The molecule has 1 heterocycles. The first-order valence-electron chi connectivity index (χ1n) is 9.87. The molecule has 0 saturated carbocycles. The Morgan fingerprint density at radius 1 is 1.00 bits per heavy atom. The van der Waals surface area contributed by atoms with Gasteiger partial charge >= 0.3 is 0 Å². The van der Waals surface area contributed by atoms with Crippen molar-refractivity contribution in [2.24, 2.45) is 0 Å². The highest BCUT2D eigenvalue weighted by Gasteiger charge is 2.20. The second-order valence-corrected chi connectivity index (χ2v) is 7.31. The van der Waals surface area contributed by atoms with Crippen LogP contribution in [0, 0.1) is 0 Å². The molecule has 0 spiro atoms. The second kappa shape index (κ2) is 9.77. The standard InChI is InChI=1S/C23H31NO3/c1-18(2)19-8-10-20(11-9-19)27-23(12-13-24-14-16-26-17-15-24)21-6-4-5-7-22(21)25-3/h4-11,18,23H,12-17H2,1-3H3. The molecular formula is C23H31NO3. The Morgan fingerprint density at radius 2 is 1.70 bits per heavy atom. The van der Waals surface area contributed by atoms with Crippen LogP contribution in [0.5, 0.6) is 11.5 Å². The number of methoxy groups -OCH3 is 1. The lowest BCUT2D eigenvalue weighted by Gasteiger charge is -2.29. The zero-order valence-corrected chi connectivity index (χ0v) is 16.7. The van der Waals surface area contributed by atoms with Gasteiger partial charge in [-0.25, -0.2) is 0 Å². The molecule has 1 aliphatic heterocycles. The molecule has 1 unspecified atom stereocenters. The van der Waals surface area contributed by atoms with Gasteiger partial charge in [-0.2, -0.15) is 0 Å². The van der Waals surface area contributed by atoms with E-state index in [-0.39, 0.29) is 6.10 Å². The summed E-state index contributed by atoms with van der Waals surface area (Å²) >= 11 is 0. The average Bonchev–Trinajstić information content (AvgIpc) is 2.72. The highest BCUT2D eigenvalue weighted by Crippen LogP contribution is 2.32. The van der Waals surface area contributed by atoms with Crippen LogP contribution in [0.4, 0.5) is 0 Å². The molecule has 27 heavy (non-hydrogen) atoms. The van der Waals surface area contributed by atoms with Crippen LogP contribution in [0.15, 0.2) is 48.5 Å². The summed E-state index contributed by atoms with van der Waals surface area (Å²) in [6.45, 7) is 9.00. The van der Waals surface area contributed by atoms with Gasteiger partial charge in [0.1, 0.15) is 17.6 Å². The largest absolute Gasteiger partial charge is 0.496 e. The smallest absolute Gasteiger partial charge is 0.128 e. The number of morpholine rings is 1. The molecule has 0 bridgehead atoms. The molecule has 0 amide bonds. The predicted molar refractivity (Wildman–Crippen MR) is 109 cm³/mol. The minimum Gasteiger partial charge on any atom is -0.496 e. The molecule has 1 fully saturated rings. The SMILES string of the molecule is COc1ccccc1C(CCN1CCOCC1)Oc1ccc(C(C)C)cc1. The van der Waals surface area contributed by atoms with E-state index in [9.17, 15) is 0 Å². The average molecular weight is 370 g/mol. The first kappa shape index (κ1) is 19.7. The van der Waals surface area contributed by atoms with Gasteiger partial charge in [-0.3, -0.25) is 4.90 Å². The third-order valence-electron chi connectivity index (χ3n) is 5.12. The lowest BCUT2D eigenvalue weighted by Crippen LogP contribution is -2.37. The summed E-state index contributed by atoms with van der Waals surface area (Å²) in [5.41, 5.74) is 2.42. The molecule has 4 nitrogen and oxygen atoms in total. The van der Waals surface area contributed by atoms with Gasteiger partial charge in [0.25, 0.3) is 0 Å². The maximum Gasteiger partial charge on any atom is 0.128 e. The molecule has 3 rings (SSSR count). The number of rotatable bonds is 8. The Hall–Kier alpha value is -2.04. The molecule has 2 aromatic rings. The molecule has 4 heteroatoms. The molecule has 0 aliphatic carbocycles. The van der Waals surface area contributed by atoms with Crippen molar-refractivity contribution < 1.29 is 14.2 Å². The van der Waals surface area contributed by atoms with Crippen LogP contribution in [0.1, 0.15) is 43.4 Å². The van der Waals surface area contributed by atoms with Crippen LogP contribution in [-0.4, -0.2) is 44.9 Å². The number of benzene rings is 2. The van der Waals surface area contributed by atoms with Gasteiger partial charge in [-0.1, -0.05) is 44.2 Å². The maximum absolute atomic E-state index is 6.43. The van der Waals surface area contributed by atoms with E-state index in [1.165, 1.54) is 5.56 Å². The Bertz CT molecular complexity index is 693. The Kier molecular flexibility index (Phi) is 7.13. The van der Waals surface area contributed by atoms with E-state index in [1.54, 1.807) is 7.11 Å². The number of hydrogen-bond donors (Lipinski definition) is 0. The first-order chi connectivity index (χ1) is 13.2. The van der Waals surface area contributed by atoms with Crippen molar-refractivity contribution >= 4 is 0 Å². The molecule has 146 valence electrons. The van der Waals surface area contributed by atoms with Gasteiger partial charge in [0.05, 0.1) is 20.3 Å². The Labute approximate surface area is 163 Å². The van der Waals surface area contributed by atoms with Crippen LogP contribution in [0.3, 0.4) is 0 Å². The third-order valence-corrected chi connectivity index (χ3v) is 5.12. The quantitative estimate of drug-likeness (QED) is 0.677. The van der Waals surface area contributed by atoms with E-state index in [0.29, 0.717) is 5.92 Å². The van der Waals surface area contributed by atoms with Crippen molar-refractivity contribution in [2.75, 3.05) is 40.0 Å². The molecule has 0 aromatic heterocycles. The van der Waals surface area contributed by atoms with Crippen molar-refractivity contribution in [3.8, 4) is 11.5 Å². The highest BCUT2D eigenvalue weighted by atomic mass is 16.5. The van der Waals surface area contributed by atoms with E-state index in [1.807, 2.05) is 18.2 Å². The van der Waals surface area contributed by atoms with Crippen LogP contribution >= 0.6 is 0 Å². The summed E-state index contributed by atoms with van der Waals surface area (Å²) in [6.07, 6.45) is 0.862. The fraction of sp³-hybridized carbons (Fsp3) is 0.478. The minimum atomic E-state index is -0.0473. The van der Waals surface area contributed by atoms with Gasteiger partial charge in [-0.15, -0.1) is 0 Å². The van der Waals surface area contributed by atoms with Crippen LogP contribution in [0.2, 0.25) is 0 Å². The molecule has 0 N–H and O–H groups in total. The molecule has 1 saturated heterocycles. The molecular weight excluding hydrogens is 338 g/mol. The highest BCUT2D eigenvalue weighted by molar-refractivity contribution is 5.37. The van der Waals surface area contributed by atoms with Crippen molar-refractivity contribution in [2.45, 2.75) is 32.3 Å². The molecule has 1 atom stereocenters. The van der Waals surface area contributed by atoms with Crippen molar-refractivity contribution in [3.05, 3.63) is 59.7 Å². The minimum absolute atomic E-state index is 0.0473. The van der Waals surface area contributed by atoms with E-state index >= 15 is 0 Å². The summed E-state index contributed by atoms with van der Waals surface area (Å²) in [4.78, 5) is 2.44. The zero-order chi connectivity index (χ0) is 19.1. The summed E-state index contributed by atoms with van der Waals surface area (Å²) in [5, 5.41) is 0. The lowest BCUT2D eigenvalue weighted by molar-refractivity contribution is 0.0316. The van der Waals surface area contributed by atoms with Gasteiger partial charge in [-0.05, 0) is 29.7 Å². The fourth-order valence-corrected chi connectivity index (χ4v) is 3.43. The third kappa shape index (κ3) is 5.47. The van der Waals surface area contributed by atoms with Crippen LogP contribution in [-0.2, 0) is 4.74 Å². The predicted octanol–water partition coefficient (Wildman–Crippen LogP) is 4.66. The van der Waals surface area contributed by atoms with Crippen molar-refractivity contribution in [1.29, 1.82) is 0 Å². The zero-order valence-electron chi connectivity index (χ0n) is 16.7. The van der Waals surface area contributed by atoms with Gasteiger partial charge < -0.3 is 14.2 Å². The Balaban J connectivity index is 1.75. The van der Waals surface area contributed by atoms with E-state index in [0.717, 1.165) is 56.3 Å². The lowest BCUT2D eigenvalue weighted by atomic mass is 10.0. The topological polar surface area (TPSA) is 30.9 Å². The van der Waals surface area contributed by atoms with E-state index in [2.05, 4.69) is 49.1 Å².